The number of aliphatic hydroxyl groups excluding tert-OH is 1. The third-order valence-corrected chi connectivity index (χ3v) is 4.49. The van der Waals surface area contributed by atoms with Crippen LogP contribution in [0, 0.1) is 5.82 Å². The molecule has 2 aromatic rings. The van der Waals surface area contributed by atoms with Crippen molar-refractivity contribution in [2.45, 2.75) is 19.6 Å². The highest BCUT2D eigenvalue weighted by molar-refractivity contribution is 7.14. The summed E-state index contributed by atoms with van der Waals surface area (Å²) in [4.78, 5) is 24.2. The van der Waals surface area contributed by atoms with Gasteiger partial charge in [-0.1, -0.05) is 11.3 Å². The molecule has 1 aliphatic heterocycles. The molecule has 2 N–H and O–H groups in total. The lowest BCUT2D eigenvalue weighted by atomic mass is 10.2. The van der Waals surface area contributed by atoms with Gasteiger partial charge in [0.1, 0.15) is 16.9 Å². The molecule has 0 bridgehead atoms. The van der Waals surface area contributed by atoms with Crippen LogP contribution in [0.15, 0.2) is 18.2 Å². The number of rotatable bonds is 5. The molecular formula is C15H15FN4O4S. The zero-order valence-electron chi connectivity index (χ0n) is 13.2. The van der Waals surface area contributed by atoms with Crippen molar-refractivity contribution in [1.82, 2.24) is 15.5 Å². The molecule has 1 aliphatic rings. The van der Waals surface area contributed by atoms with E-state index < -0.39 is 18.0 Å². The van der Waals surface area contributed by atoms with Crippen molar-refractivity contribution in [3.63, 3.8) is 0 Å². The van der Waals surface area contributed by atoms with Gasteiger partial charge in [0.05, 0.1) is 25.4 Å². The summed E-state index contributed by atoms with van der Waals surface area (Å²) >= 11 is 1.09. The number of aliphatic hydroxyl groups is 1. The first-order valence-corrected chi connectivity index (χ1v) is 8.25. The Bertz CT molecular complexity index is 813. The van der Waals surface area contributed by atoms with Crippen molar-refractivity contribution >= 4 is 29.0 Å². The number of halogens is 1. The molecule has 1 aromatic heterocycles. The second kappa shape index (κ2) is 7.11. The van der Waals surface area contributed by atoms with Crippen molar-refractivity contribution in [2.24, 2.45) is 0 Å². The molecule has 0 radical (unpaired) electrons. The Morgan fingerprint density at radius 3 is 2.96 bits per heavy atom. The minimum atomic E-state index is -0.596. The van der Waals surface area contributed by atoms with Crippen LogP contribution >= 0.6 is 11.3 Å². The van der Waals surface area contributed by atoms with Gasteiger partial charge in [0.15, 0.2) is 5.01 Å². The van der Waals surface area contributed by atoms with Crippen molar-refractivity contribution in [3.8, 4) is 10.6 Å². The van der Waals surface area contributed by atoms with E-state index in [0.717, 1.165) is 11.3 Å². The van der Waals surface area contributed by atoms with Gasteiger partial charge in [0.25, 0.3) is 0 Å². The molecule has 25 heavy (non-hydrogen) atoms. The van der Waals surface area contributed by atoms with E-state index in [0.29, 0.717) is 15.7 Å². The van der Waals surface area contributed by atoms with Gasteiger partial charge >= 0.3 is 6.09 Å². The number of anilines is 1. The SMILES string of the molecule is CC(=O)NC[C@H]1CN(c2ccc(-c3nnc(CO)s3)c(F)c2)C(=O)O1. The van der Waals surface area contributed by atoms with Crippen LogP contribution in [0.5, 0.6) is 0 Å². The molecule has 1 aromatic carbocycles. The lowest BCUT2D eigenvalue weighted by molar-refractivity contribution is -0.119. The van der Waals surface area contributed by atoms with Crippen molar-refractivity contribution < 1.29 is 23.8 Å². The van der Waals surface area contributed by atoms with E-state index in [4.69, 9.17) is 9.84 Å². The van der Waals surface area contributed by atoms with E-state index in [1.165, 1.54) is 24.0 Å². The van der Waals surface area contributed by atoms with Crippen LogP contribution in [-0.2, 0) is 16.1 Å². The van der Waals surface area contributed by atoms with Gasteiger partial charge in [0, 0.05) is 12.5 Å². The maximum absolute atomic E-state index is 14.4. The van der Waals surface area contributed by atoms with E-state index in [1.54, 1.807) is 6.07 Å². The molecule has 0 aliphatic carbocycles. The number of hydrogen-bond donors (Lipinski definition) is 2. The molecule has 10 heteroatoms. The molecule has 0 spiro atoms. The van der Waals surface area contributed by atoms with Gasteiger partial charge in [-0.05, 0) is 18.2 Å². The van der Waals surface area contributed by atoms with Crippen molar-refractivity contribution in [3.05, 3.63) is 29.0 Å². The van der Waals surface area contributed by atoms with Gasteiger partial charge in [-0.3, -0.25) is 9.69 Å². The molecule has 0 saturated carbocycles. The van der Waals surface area contributed by atoms with Crippen LogP contribution in [0.2, 0.25) is 0 Å². The number of ether oxygens (including phenoxy) is 1. The number of carbonyl (C=O) groups is 2. The second-order valence-corrected chi connectivity index (χ2v) is 6.44. The lowest BCUT2D eigenvalue weighted by Crippen LogP contribution is -2.33. The highest BCUT2D eigenvalue weighted by Crippen LogP contribution is 2.30. The maximum Gasteiger partial charge on any atom is 0.414 e. The van der Waals surface area contributed by atoms with Gasteiger partial charge in [-0.15, -0.1) is 10.2 Å². The van der Waals surface area contributed by atoms with E-state index in [1.807, 2.05) is 0 Å². The van der Waals surface area contributed by atoms with Crippen LogP contribution in [-0.4, -0.2) is 46.5 Å². The van der Waals surface area contributed by atoms with Crippen LogP contribution in [0.4, 0.5) is 14.9 Å². The third kappa shape index (κ3) is 3.74. The second-order valence-electron chi connectivity index (χ2n) is 5.38. The van der Waals surface area contributed by atoms with E-state index in [2.05, 4.69) is 15.5 Å². The fraction of sp³-hybridized carbons (Fsp3) is 0.333. The first-order valence-electron chi connectivity index (χ1n) is 7.43. The molecule has 132 valence electrons. The molecule has 1 saturated heterocycles. The number of nitrogens with zero attached hydrogens (tertiary/aromatic N) is 3. The number of cyclic esters (lactones) is 1. The number of amides is 2. The Hall–Kier alpha value is -2.59. The number of nitrogens with one attached hydrogen (secondary N) is 1. The summed E-state index contributed by atoms with van der Waals surface area (Å²) in [6.45, 7) is 1.53. The third-order valence-electron chi connectivity index (χ3n) is 3.55. The van der Waals surface area contributed by atoms with Gasteiger partial charge in [-0.25, -0.2) is 9.18 Å². The number of carbonyl (C=O) groups excluding carboxylic acids is 2. The Kier molecular flexibility index (Phi) is 4.91. The van der Waals surface area contributed by atoms with Gasteiger partial charge < -0.3 is 15.2 Å². The molecule has 2 heterocycles. The van der Waals surface area contributed by atoms with Crippen LogP contribution < -0.4 is 10.2 Å². The topological polar surface area (TPSA) is 105 Å². The standard InChI is InChI=1S/C15H15FN4O4S/c1-8(22)17-5-10-6-20(15(23)24-10)9-2-3-11(12(16)4-9)14-19-18-13(7-21)25-14/h2-4,10,21H,5-7H2,1H3,(H,17,22)/t10-/m0/s1. The molecule has 3 rings (SSSR count). The Balaban J connectivity index is 1.76. The number of aromatic nitrogens is 2. The summed E-state index contributed by atoms with van der Waals surface area (Å²) in [6.07, 6.45) is -1.09. The summed E-state index contributed by atoms with van der Waals surface area (Å²) in [6, 6.07) is 4.30. The number of benzene rings is 1. The maximum atomic E-state index is 14.4. The molecule has 2 amide bonds. The van der Waals surface area contributed by atoms with Gasteiger partial charge in [0.2, 0.25) is 5.91 Å². The van der Waals surface area contributed by atoms with Gasteiger partial charge in [-0.2, -0.15) is 0 Å². The zero-order valence-corrected chi connectivity index (χ0v) is 14.0. The summed E-state index contributed by atoms with van der Waals surface area (Å²) in [5, 5.41) is 19.9. The summed E-state index contributed by atoms with van der Waals surface area (Å²) < 4.78 is 19.6. The smallest absolute Gasteiger partial charge is 0.414 e. The monoisotopic (exact) mass is 366 g/mol. The Morgan fingerprint density at radius 1 is 1.52 bits per heavy atom. The average Bonchev–Trinajstić information content (AvgIpc) is 3.19. The lowest BCUT2D eigenvalue weighted by Gasteiger charge is -2.14. The largest absolute Gasteiger partial charge is 0.442 e. The Labute approximate surface area is 146 Å². The van der Waals surface area contributed by atoms with Crippen LogP contribution in [0.3, 0.4) is 0 Å². The highest BCUT2D eigenvalue weighted by Gasteiger charge is 2.32. The summed E-state index contributed by atoms with van der Waals surface area (Å²) in [7, 11) is 0. The minimum absolute atomic E-state index is 0.201. The molecule has 1 fully saturated rings. The molecular weight excluding hydrogens is 351 g/mol. The molecule has 0 unspecified atom stereocenters. The predicted molar refractivity (Wildman–Crippen MR) is 87.5 cm³/mol. The van der Waals surface area contributed by atoms with Crippen molar-refractivity contribution in [2.75, 3.05) is 18.0 Å². The van der Waals surface area contributed by atoms with E-state index in [-0.39, 0.29) is 31.2 Å². The van der Waals surface area contributed by atoms with Crippen LogP contribution in [0.1, 0.15) is 11.9 Å². The molecule has 8 nitrogen and oxygen atoms in total. The Morgan fingerprint density at radius 2 is 2.32 bits per heavy atom. The predicted octanol–water partition coefficient (Wildman–Crippen LogP) is 1.30. The normalized spacial score (nSPS) is 16.8. The molecule has 1 atom stereocenters. The van der Waals surface area contributed by atoms with Crippen LogP contribution in [0.25, 0.3) is 10.6 Å². The van der Waals surface area contributed by atoms with Crippen molar-refractivity contribution in [1.29, 1.82) is 0 Å². The fourth-order valence-corrected chi connectivity index (χ4v) is 3.09. The highest BCUT2D eigenvalue weighted by atomic mass is 32.1. The average molecular weight is 366 g/mol. The zero-order chi connectivity index (χ0) is 18.0. The number of hydrogen-bond acceptors (Lipinski definition) is 7. The minimum Gasteiger partial charge on any atom is -0.442 e. The first kappa shape index (κ1) is 17.2. The van der Waals surface area contributed by atoms with E-state index in [9.17, 15) is 14.0 Å². The summed E-state index contributed by atoms with van der Waals surface area (Å²) in [5.41, 5.74) is 0.590. The summed E-state index contributed by atoms with van der Waals surface area (Å²) in [5.74, 6) is -0.777. The quantitative estimate of drug-likeness (QED) is 0.826. The first-order chi connectivity index (χ1) is 12.0. The van der Waals surface area contributed by atoms with E-state index >= 15 is 0 Å². The fourth-order valence-electron chi connectivity index (χ4n) is 2.37.